The zero-order valence-corrected chi connectivity index (χ0v) is 17.5. The van der Waals surface area contributed by atoms with E-state index in [1.807, 2.05) is 72.8 Å². The van der Waals surface area contributed by atoms with E-state index in [2.05, 4.69) is 5.32 Å². The fourth-order valence-electron chi connectivity index (χ4n) is 3.12. The Labute approximate surface area is 182 Å². The van der Waals surface area contributed by atoms with Crippen LogP contribution in [-0.4, -0.2) is 17.7 Å². The highest BCUT2D eigenvalue weighted by Crippen LogP contribution is 2.16. The van der Waals surface area contributed by atoms with Gasteiger partial charge in [-0.3, -0.25) is 9.59 Å². The largest absolute Gasteiger partial charge is 0.489 e. The molecule has 0 heterocycles. The zero-order valence-electron chi connectivity index (χ0n) is 17.5. The van der Waals surface area contributed by atoms with E-state index < -0.39 is 11.9 Å². The molecular formula is C26H26N2O3. The molecule has 0 saturated heterocycles. The SMILES string of the molecule is C/C(=C/C(=O)c1ccccc1)N[C@@H](Cc1ccc(OCc2ccccc2)cc1)C(N)=O. The number of amides is 1. The van der Waals surface area contributed by atoms with Crippen molar-refractivity contribution < 1.29 is 14.3 Å². The van der Waals surface area contributed by atoms with E-state index in [0.29, 0.717) is 24.3 Å². The van der Waals surface area contributed by atoms with Crippen LogP contribution in [0.4, 0.5) is 0 Å². The molecular weight excluding hydrogens is 388 g/mol. The average Bonchev–Trinajstić information content (AvgIpc) is 2.79. The van der Waals surface area contributed by atoms with E-state index >= 15 is 0 Å². The van der Waals surface area contributed by atoms with Crippen LogP contribution < -0.4 is 15.8 Å². The van der Waals surface area contributed by atoms with Crippen molar-refractivity contribution in [1.82, 2.24) is 5.32 Å². The van der Waals surface area contributed by atoms with Crippen LogP contribution in [0.1, 0.15) is 28.4 Å². The highest BCUT2D eigenvalue weighted by Gasteiger charge is 2.16. The summed E-state index contributed by atoms with van der Waals surface area (Å²) in [5.74, 6) is 0.138. The van der Waals surface area contributed by atoms with E-state index in [9.17, 15) is 9.59 Å². The maximum absolute atomic E-state index is 12.3. The summed E-state index contributed by atoms with van der Waals surface area (Å²) in [4.78, 5) is 24.3. The number of primary amides is 1. The summed E-state index contributed by atoms with van der Waals surface area (Å²) >= 11 is 0. The molecule has 0 unspecified atom stereocenters. The topological polar surface area (TPSA) is 81.4 Å². The fraction of sp³-hybridized carbons (Fsp3) is 0.154. The van der Waals surface area contributed by atoms with Gasteiger partial charge in [-0.1, -0.05) is 72.8 Å². The molecule has 0 aliphatic carbocycles. The van der Waals surface area contributed by atoms with Crippen molar-refractivity contribution in [2.24, 2.45) is 5.73 Å². The van der Waals surface area contributed by atoms with Gasteiger partial charge in [0.15, 0.2) is 5.78 Å². The van der Waals surface area contributed by atoms with Gasteiger partial charge in [0.25, 0.3) is 0 Å². The van der Waals surface area contributed by atoms with Gasteiger partial charge in [-0.15, -0.1) is 0 Å². The molecule has 0 bridgehead atoms. The summed E-state index contributed by atoms with van der Waals surface area (Å²) in [6.07, 6.45) is 1.88. The lowest BCUT2D eigenvalue weighted by molar-refractivity contribution is -0.119. The van der Waals surface area contributed by atoms with Crippen LogP contribution in [0.25, 0.3) is 0 Å². The van der Waals surface area contributed by atoms with Gasteiger partial charge >= 0.3 is 0 Å². The third-order valence-electron chi connectivity index (χ3n) is 4.76. The number of hydrogen-bond acceptors (Lipinski definition) is 4. The number of carbonyl (C=O) groups excluding carboxylic acids is 2. The van der Waals surface area contributed by atoms with Crippen LogP contribution in [0, 0.1) is 0 Å². The molecule has 3 rings (SSSR count). The van der Waals surface area contributed by atoms with Crippen molar-refractivity contribution in [2.45, 2.75) is 26.0 Å². The monoisotopic (exact) mass is 414 g/mol. The molecule has 1 amide bonds. The minimum absolute atomic E-state index is 0.131. The number of ether oxygens (including phenoxy) is 1. The Balaban J connectivity index is 1.58. The van der Waals surface area contributed by atoms with E-state index in [1.165, 1.54) is 6.08 Å². The quantitative estimate of drug-likeness (QED) is 0.388. The summed E-state index contributed by atoms with van der Waals surface area (Å²) < 4.78 is 5.80. The fourth-order valence-corrected chi connectivity index (χ4v) is 3.12. The van der Waals surface area contributed by atoms with Crippen LogP contribution in [0.5, 0.6) is 5.75 Å². The number of hydrogen-bond donors (Lipinski definition) is 2. The van der Waals surface area contributed by atoms with E-state index in [4.69, 9.17) is 10.5 Å². The van der Waals surface area contributed by atoms with Gasteiger partial charge < -0.3 is 15.8 Å². The Morgan fingerprint density at radius 3 is 2.13 bits per heavy atom. The molecule has 31 heavy (non-hydrogen) atoms. The van der Waals surface area contributed by atoms with Gasteiger partial charge in [-0.25, -0.2) is 0 Å². The Hall–Kier alpha value is -3.86. The standard InChI is InChI=1S/C26H26N2O3/c1-19(16-25(29)22-10-6-3-7-11-22)28-24(26(27)30)17-20-12-14-23(15-13-20)31-18-21-8-4-2-5-9-21/h2-16,24,28H,17-18H2,1H3,(H2,27,30)/b19-16-/t24-/m0/s1. The average molecular weight is 415 g/mol. The van der Waals surface area contributed by atoms with Gasteiger partial charge in [0.1, 0.15) is 18.4 Å². The summed E-state index contributed by atoms with van der Waals surface area (Å²) in [5.41, 5.74) is 8.78. The first-order valence-electron chi connectivity index (χ1n) is 10.1. The maximum atomic E-state index is 12.3. The molecule has 0 aromatic heterocycles. The summed E-state index contributed by atoms with van der Waals surface area (Å²) in [6.45, 7) is 2.24. The Morgan fingerprint density at radius 2 is 1.52 bits per heavy atom. The molecule has 1 atom stereocenters. The second kappa shape index (κ2) is 10.8. The Bertz CT molecular complexity index is 1030. The molecule has 0 radical (unpaired) electrons. The first-order valence-corrected chi connectivity index (χ1v) is 10.1. The molecule has 5 heteroatoms. The Kier molecular flexibility index (Phi) is 7.60. The summed E-state index contributed by atoms with van der Waals surface area (Å²) in [6, 6.07) is 25.8. The van der Waals surface area contributed by atoms with Gasteiger partial charge in [0.2, 0.25) is 5.91 Å². The van der Waals surface area contributed by atoms with Crippen LogP contribution >= 0.6 is 0 Å². The van der Waals surface area contributed by atoms with Crippen LogP contribution in [-0.2, 0) is 17.8 Å². The smallest absolute Gasteiger partial charge is 0.240 e. The molecule has 158 valence electrons. The lowest BCUT2D eigenvalue weighted by Crippen LogP contribution is -2.42. The predicted octanol–water partition coefficient (Wildman–Crippen LogP) is 4.04. The van der Waals surface area contributed by atoms with Crippen molar-refractivity contribution in [3.63, 3.8) is 0 Å². The predicted molar refractivity (Wildman–Crippen MR) is 122 cm³/mol. The highest BCUT2D eigenvalue weighted by molar-refractivity contribution is 6.04. The molecule has 0 spiro atoms. The maximum Gasteiger partial charge on any atom is 0.240 e. The number of carbonyl (C=O) groups is 2. The third-order valence-corrected chi connectivity index (χ3v) is 4.76. The first kappa shape index (κ1) is 21.8. The van der Waals surface area contributed by atoms with Crippen molar-refractivity contribution in [2.75, 3.05) is 0 Å². The second-order valence-electron chi connectivity index (χ2n) is 7.28. The molecule has 0 aliphatic heterocycles. The minimum atomic E-state index is -0.629. The number of nitrogens with one attached hydrogen (secondary N) is 1. The van der Waals surface area contributed by atoms with Gasteiger partial charge in [-0.2, -0.15) is 0 Å². The first-order chi connectivity index (χ1) is 15.0. The number of ketones is 1. The molecule has 3 aromatic carbocycles. The van der Waals surface area contributed by atoms with Crippen molar-refractivity contribution >= 4 is 11.7 Å². The lowest BCUT2D eigenvalue weighted by atomic mass is 10.0. The molecule has 0 saturated carbocycles. The highest BCUT2D eigenvalue weighted by atomic mass is 16.5. The number of nitrogens with two attached hydrogens (primary N) is 1. The molecule has 5 nitrogen and oxygen atoms in total. The zero-order chi connectivity index (χ0) is 22.1. The lowest BCUT2D eigenvalue weighted by Gasteiger charge is -2.17. The van der Waals surface area contributed by atoms with E-state index in [-0.39, 0.29) is 5.78 Å². The van der Waals surface area contributed by atoms with Crippen molar-refractivity contribution in [1.29, 1.82) is 0 Å². The molecule has 3 N–H and O–H groups in total. The van der Waals surface area contributed by atoms with Gasteiger partial charge in [0, 0.05) is 23.8 Å². The summed E-state index contributed by atoms with van der Waals surface area (Å²) in [7, 11) is 0. The van der Waals surface area contributed by atoms with Crippen molar-refractivity contribution in [3.8, 4) is 5.75 Å². The minimum Gasteiger partial charge on any atom is -0.489 e. The Morgan fingerprint density at radius 1 is 0.903 bits per heavy atom. The summed E-state index contributed by atoms with van der Waals surface area (Å²) in [5, 5.41) is 3.06. The second-order valence-corrected chi connectivity index (χ2v) is 7.28. The number of allylic oxidation sites excluding steroid dienone is 2. The van der Waals surface area contributed by atoms with Crippen LogP contribution in [0.2, 0.25) is 0 Å². The van der Waals surface area contributed by atoms with E-state index in [0.717, 1.165) is 16.9 Å². The van der Waals surface area contributed by atoms with E-state index in [1.54, 1.807) is 19.1 Å². The number of rotatable bonds is 10. The van der Waals surface area contributed by atoms with Crippen LogP contribution in [0.15, 0.2) is 96.7 Å². The molecule has 0 fully saturated rings. The normalized spacial score (nSPS) is 12.1. The van der Waals surface area contributed by atoms with Crippen LogP contribution in [0.3, 0.4) is 0 Å². The molecule has 0 aliphatic rings. The van der Waals surface area contributed by atoms with Gasteiger partial charge in [-0.05, 0) is 30.2 Å². The molecule has 3 aromatic rings. The van der Waals surface area contributed by atoms with Crippen molar-refractivity contribution in [3.05, 3.63) is 113 Å². The van der Waals surface area contributed by atoms with Gasteiger partial charge in [0.05, 0.1) is 0 Å². The third kappa shape index (κ3) is 6.85. The number of benzene rings is 3.